The first-order chi connectivity index (χ1) is 15.3. The van der Waals surface area contributed by atoms with E-state index in [1.807, 2.05) is 24.4 Å². The molecule has 0 bridgehead atoms. The van der Waals surface area contributed by atoms with Crippen LogP contribution in [0.4, 0.5) is 5.69 Å². The molecule has 0 radical (unpaired) electrons. The van der Waals surface area contributed by atoms with Crippen LogP contribution in [-0.2, 0) is 21.4 Å². The SMILES string of the molecule is Cc1ccc(S(=O)(=O)N(C)CC(=O)N(Cc2cccs2)c2ccc3c(c2)OCCO3)cc1. The average molecular weight is 473 g/mol. The first-order valence-electron chi connectivity index (χ1n) is 10.1. The number of carbonyl (C=O) groups excluding carboxylic acids is 1. The van der Waals surface area contributed by atoms with Crippen molar-refractivity contribution in [2.24, 2.45) is 0 Å². The van der Waals surface area contributed by atoms with Gasteiger partial charge in [-0.05, 0) is 42.6 Å². The lowest BCUT2D eigenvalue weighted by Gasteiger charge is -2.27. The Hall–Kier alpha value is -2.88. The first kappa shape index (κ1) is 22.3. The van der Waals surface area contributed by atoms with Gasteiger partial charge in [0, 0.05) is 23.7 Å². The molecule has 0 spiro atoms. The fraction of sp³-hybridized carbons (Fsp3) is 0.261. The van der Waals surface area contributed by atoms with E-state index < -0.39 is 10.0 Å². The van der Waals surface area contributed by atoms with Crippen molar-refractivity contribution in [3.63, 3.8) is 0 Å². The van der Waals surface area contributed by atoms with E-state index in [2.05, 4.69) is 0 Å². The zero-order chi connectivity index (χ0) is 22.7. The summed E-state index contributed by atoms with van der Waals surface area (Å²) in [5.74, 6) is 0.856. The third kappa shape index (κ3) is 4.79. The Morgan fingerprint density at radius 1 is 1.03 bits per heavy atom. The summed E-state index contributed by atoms with van der Waals surface area (Å²) < 4.78 is 38.3. The summed E-state index contributed by atoms with van der Waals surface area (Å²) in [5.41, 5.74) is 1.58. The second kappa shape index (κ2) is 9.32. The van der Waals surface area contributed by atoms with Crippen LogP contribution in [0, 0.1) is 6.92 Å². The molecule has 2 heterocycles. The number of ether oxygens (including phenoxy) is 2. The molecule has 1 amide bonds. The molecule has 3 aromatic rings. The number of thiophene rings is 1. The van der Waals surface area contributed by atoms with Crippen LogP contribution in [0.1, 0.15) is 10.4 Å². The lowest BCUT2D eigenvalue weighted by Crippen LogP contribution is -2.41. The molecule has 0 unspecified atom stereocenters. The van der Waals surface area contributed by atoms with Crippen molar-refractivity contribution < 1.29 is 22.7 Å². The van der Waals surface area contributed by atoms with Gasteiger partial charge >= 0.3 is 0 Å². The Morgan fingerprint density at radius 3 is 2.44 bits per heavy atom. The summed E-state index contributed by atoms with van der Waals surface area (Å²) in [6.07, 6.45) is 0. The van der Waals surface area contributed by atoms with Crippen LogP contribution >= 0.6 is 11.3 Å². The molecule has 0 N–H and O–H groups in total. The van der Waals surface area contributed by atoms with Crippen molar-refractivity contribution in [3.05, 3.63) is 70.4 Å². The average Bonchev–Trinajstić information content (AvgIpc) is 3.30. The van der Waals surface area contributed by atoms with Crippen molar-refractivity contribution in [2.75, 3.05) is 31.7 Å². The van der Waals surface area contributed by atoms with Gasteiger partial charge in [-0.25, -0.2) is 8.42 Å². The molecule has 0 atom stereocenters. The fourth-order valence-corrected chi connectivity index (χ4v) is 5.15. The molecule has 4 rings (SSSR count). The Labute approximate surface area is 191 Å². The van der Waals surface area contributed by atoms with Crippen LogP contribution < -0.4 is 14.4 Å². The predicted molar refractivity (Wildman–Crippen MR) is 124 cm³/mol. The van der Waals surface area contributed by atoms with Gasteiger partial charge in [0.15, 0.2) is 11.5 Å². The highest BCUT2D eigenvalue weighted by Gasteiger charge is 2.27. The first-order valence-corrected chi connectivity index (χ1v) is 12.4. The van der Waals surface area contributed by atoms with Crippen LogP contribution in [0.15, 0.2) is 64.9 Å². The maximum absolute atomic E-state index is 13.3. The Morgan fingerprint density at radius 2 is 1.75 bits per heavy atom. The molecule has 1 aromatic heterocycles. The number of fused-ring (bicyclic) bond motifs is 1. The lowest BCUT2D eigenvalue weighted by atomic mass is 10.2. The summed E-state index contributed by atoms with van der Waals surface area (Å²) in [5, 5.41) is 1.94. The monoisotopic (exact) mass is 472 g/mol. The summed E-state index contributed by atoms with van der Waals surface area (Å²) in [6, 6.07) is 15.7. The second-order valence-corrected chi connectivity index (χ2v) is 10.5. The number of nitrogens with zero attached hydrogens (tertiary/aromatic N) is 2. The van der Waals surface area contributed by atoms with E-state index in [0.29, 0.717) is 36.9 Å². The van der Waals surface area contributed by atoms with Gasteiger partial charge in [-0.3, -0.25) is 4.79 Å². The van der Waals surface area contributed by atoms with E-state index in [9.17, 15) is 13.2 Å². The Bertz CT molecular complexity index is 1190. The number of carbonyl (C=O) groups is 1. The topological polar surface area (TPSA) is 76.2 Å². The number of likely N-dealkylation sites (N-methyl/N-ethyl adjacent to an activating group) is 1. The highest BCUT2D eigenvalue weighted by Crippen LogP contribution is 2.35. The van der Waals surface area contributed by atoms with Gasteiger partial charge in [0.1, 0.15) is 13.2 Å². The van der Waals surface area contributed by atoms with Crippen molar-refractivity contribution in [2.45, 2.75) is 18.4 Å². The minimum Gasteiger partial charge on any atom is -0.486 e. The second-order valence-electron chi connectivity index (χ2n) is 7.46. The maximum atomic E-state index is 13.3. The Kier molecular flexibility index (Phi) is 6.50. The highest BCUT2D eigenvalue weighted by molar-refractivity contribution is 7.89. The molecular weight excluding hydrogens is 448 g/mol. The lowest BCUT2D eigenvalue weighted by molar-refractivity contribution is -0.118. The Balaban J connectivity index is 1.59. The third-order valence-electron chi connectivity index (χ3n) is 5.12. The van der Waals surface area contributed by atoms with E-state index >= 15 is 0 Å². The molecule has 0 aliphatic carbocycles. The van der Waals surface area contributed by atoms with Crippen LogP contribution in [0.2, 0.25) is 0 Å². The third-order valence-corrected chi connectivity index (χ3v) is 7.80. The van der Waals surface area contributed by atoms with Crippen LogP contribution in [-0.4, -0.2) is 45.4 Å². The zero-order valence-electron chi connectivity index (χ0n) is 17.9. The van der Waals surface area contributed by atoms with Crippen LogP contribution in [0.25, 0.3) is 0 Å². The van der Waals surface area contributed by atoms with Crippen molar-refractivity contribution in [3.8, 4) is 11.5 Å². The molecule has 32 heavy (non-hydrogen) atoms. The van der Waals surface area contributed by atoms with Crippen molar-refractivity contribution in [1.82, 2.24) is 4.31 Å². The number of anilines is 1. The molecule has 0 saturated carbocycles. The number of sulfonamides is 1. The fourth-order valence-electron chi connectivity index (χ4n) is 3.33. The van der Waals surface area contributed by atoms with Gasteiger partial charge in [-0.15, -0.1) is 11.3 Å². The van der Waals surface area contributed by atoms with Gasteiger partial charge in [0.05, 0.1) is 18.0 Å². The number of hydrogen-bond donors (Lipinski definition) is 0. The largest absolute Gasteiger partial charge is 0.486 e. The van der Waals surface area contributed by atoms with Crippen LogP contribution in [0.3, 0.4) is 0 Å². The molecule has 1 aliphatic heterocycles. The van der Waals surface area contributed by atoms with E-state index in [0.717, 1.165) is 14.7 Å². The number of rotatable bonds is 7. The molecule has 1 aliphatic rings. The number of benzene rings is 2. The molecule has 0 fully saturated rings. The quantitative estimate of drug-likeness (QED) is 0.524. The predicted octanol–water partition coefficient (Wildman–Crippen LogP) is 3.68. The van der Waals surface area contributed by atoms with Gasteiger partial charge in [-0.1, -0.05) is 23.8 Å². The van der Waals surface area contributed by atoms with Gasteiger partial charge in [0.2, 0.25) is 15.9 Å². The highest BCUT2D eigenvalue weighted by atomic mass is 32.2. The minimum atomic E-state index is -3.80. The number of amides is 1. The summed E-state index contributed by atoms with van der Waals surface area (Å²) in [4.78, 5) is 16.0. The molecular formula is C23H24N2O5S2. The summed E-state index contributed by atoms with van der Waals surface area (Å²) in [6.45, 7) is 2.84. The smallest absolute Gasteiger partial charge is 0.243 e. The number of hydrogen-bond acceptors (Lipinski definition) is 6. The van der Waals surface area contributed by atoms with E-state index in [1.54, 1.807) is 47.4 Å². The minimum absolute atomic E-state index is 0.155. The molecule has 9 heteroatoms. The molecule has 2 aromatic carbocycles. The van der Waals surface area contributed by atoms with Crippen LogP contribution in [0.5, 0.6) is 11.5 Å². The van der Waals surface area contributed by atoms with Crippen molar-refractivity contribution >= 4 is 33.0 Å². The van der Waals surface area contributed by atoms with Gasteiger partial charge in [-0.2, -0.15) is 4.31 Å². The summed E-state index contributed by atoms with van der Waals surface area (Å²) >= 11 is 1.53. The molecule has 7 nitrogen and oxygen atoms in total. The molecule has 168 valence electrons. The standard InChI is InChI=1S/C23H24N2O5S2/c1-17-5-8-20(9-6-17)32(27,28)24(2)16-23(26)25(15-19-4-3-13-31-19)18-7-10-21-22(14-18)30-12-11-29-21/h3-10,13-14H,11-12,15-16H2,1-2H3. The zero-order valence-corrected chi connectivity index (χ0v) is 19.5. The normalized spacial score (nSPS) is 13.2. The van der Waals surface area contributed by atoms with Gasteiger partial charge in [0.25, 0.3) is 0 Å². The maximum Gasteiger partial charge on any atom is 0.243 e. The van der Waals surface area contributed by atoms with E-state index in [1.165, 1.54) is 18.4 Å². The van der Waals surface area contributed by atoms with Gasteiger partial charge < -0.3 is 14.4 Å². The van der Waals surface area contributed by atoms with E-state index in [-0.39, 0.29) is 17.3 Å². The number of aryl methyl sites for hydroxylation is 1. The molecule has 0 saturated heterocycles. The summed E-state index contributed by atoms with van der Waals surface area (Å²) in [7, 11) is -2.38. The van der Waals surface area contributed by atoms with E-state index in [4.69, 9.17) is 9.47 Å². The van der Waals surface area contributed by atoms with Crippen molar-refractivity contribution in [1.29, 1.82) is 0 Å².